The van der Waals surface area contributed by atoms with Gasteiger partial charge in [0.1, 0.15) is 5.60 Å². The molecule has 3 rings (SSSR count). The van der Waals surface area contributed by atoms with Crippen LogP contribution in [0.1, 0.15) is 46.5 Å². The fraction of sp³-hybridized carbons (Fsp3) is 0.933. The van der Waals surface area contributed by atoms with Crippen LogP contribution in [0.3, 0.4) is 0 Å². The molecule has 1 saturated carbocycles. The monoisotopic (exact) mass is 340 g/mol. The van der Waals surface area contributed by atoms with Crippen molar-refractivity contribution in [1.82, 2.24) is 0 Å². The van der Waals surface area contributed by atoms with Crippen LogP contribution in [0.15, 0.2) is 0 Å². The first-order chi connectivity index (χ1) is 9.25. The second kappa shape index (κ2) is 5.50. The van der Waals surface area contributed by atoms with Gasteiger partial charge in [-0.15, -0.1) is 0 Å². The van der Waals surface area contributed by atoms with Gasteiger partial charge in [0.15, 0.2) is 5.79 Å². The fourth-order valence-corrected chi connectivity index (χ4v) is 4.42. The number of hydrogen-bond donors (Lipinski definition) is 2. The van der Waals surface area contributed by atoms with E-state index in [1.54, 1.807) is 6.92 Å². The van der Waals surface area contributed by atoms with Crippen LogP contribution >= 0.6 is 0 Å². The molecule has 0 aromatic carbocycles. The molecule has 2 aliphatic heterocycles. The second-order valence-corrected chi connectivity index (χ2v) is 7.04. The SMILES string of the molecule is CC1CCC2[C@@H](C)C(=O)OC3O[C@](C)(O)CC[C@@H]1C32O.[Fe]. The molecule has 5 nitrogen and oxygen atoms in total. The Morgan fingerprint density at radius 3 is 2.48 bits per heavy atom. The van der Waals surface area contributed by atoms with E-state index >= 15 is 0 Å². The van der Waals surface area contributed by atoms with Crippen molar-refractivity contribution in [2.24, 2.45) is 23.7 Å². The van der Waals surface area contributed by atoms with Gasteiger partial charge in [0.25, 0.3) is 0 Å². The minimum absolute atomic E-state index is 0. The summed E-state index contributed by atoms with van der Waals surface area (Å²) in [6, 6.07) is 0. The van der Waals surface area contributed by atoms with Crippen molar-refractivity contribution < 1.29 is 41.5 Å². The summed E-state index contributed by atoms with van der Waals surface area (Å²) in [5, 5.41) is 21.6. The van der Waals surface area contributed by atoms with Gasteiger partial charge in [-0.25, -0.2) is 0 Å². The van der Waals surface area contributed by atoms with Crippen LogP contribution in [0.2, 0.25) is 0 Å². The Labute approximate surface area is 135 Å². The number of aliphatic hydroxyl groups is 2. The molecule has 0 radical (unpaired) electrons. The van der Waals surface area contributed by atoms with Crippen molar-refractivity contribution in [1.29, 1.82) is 0 Å². The summed E-state index contributed by atoms with van der Waals surface area (Å²) in [6.07, 6.45) is 1.86. The van der Waals surface area contributed by atoms with Gasteiger partial charge in [0, 0.05) is 29.4 Å². The second-order valence-electron chi connectivity index (χ2n) is 7.04. The van der Waals surface area contributed by atoms with E-state index in [0.29, 0.717) is 18.8 Å². The number of ether oxygens (including phenoxy) is 2. The van der Waals surface area contributed by atoms with Gasteiger partial charge in [0.2, 0.25) is 6.29 Å². The average molecular weight is 340 g/mol. The summed E-state index contributed by atoms with van der Waals surface area (Å²) in [7, 11) is 0. The van der Waals surface area contributed by atoms with E-state index in [2.05, 4.69) is 6.92 Å². The van der Waals surface area contributed by atoms with Crippen molar-refractivity contribution in [3.63, 3.8) is 0 Å². The molecular weight excluding hydrogens is 316 g/mol. The molecule has 2 N–H and O–H groups in total. The minimum Gasteiger partial charge on any atom is -0.432 e. The van der Waals surface area contributed by atoms with Gasteiger partial charge in [0.05, 0.1) is 5.92 Å². The van der Waals surface area contributed by atoms with E-state index in [-0.39, 0.29) is 40.8 Å². The van der Waals surface area contributed by atoms with Gasteiger partial charge in [-0.1, -0.05) is 13.8 Å². The molecule has 0 spiro atoms. The van der Waals surface area contributed by atoms with Crippen LogP contribution in [-0.4, -0.2) is 33.9 Å². The summed E-state index contributed by atoms with van der Waals surface area (Å²) < 4.78 is 10.9. The molecule has 0 bridgehead atoms. The fourth-order valence-electron chi connectivity index (χ4n) is 4.42. The molecule has 0 amide bonds. The van der Waals surface area contributed by atoms with E-state index < -0.39 is 17.7 Å². The van der Waals surface area contributed by atoms with Crippen LogP contribution < -0.4 is 0 Å². The molecule has 6 heteroatoms. The third kappa shape index (κ3) is 2.55. The largest absolute Gasteiger partial charge is 0.432 e. The molecule has 2 saturated heterocycles. The zero-order valence-corrected chi connectivity index (χ0v) is 13.8. The van der Waals surface area contributed by atoms with Crippen molar-refractivity contribution >= 4 is 5.97 Å². The molecule has 7 atom stereocenters. The van der Waals surface area contributed by atoms with E-state index in [1.807, 2.05) is 6.92 Å². The first kappa shape index (κ1) is 17.2. The van der Waals surface area contributed by atoms with Crippen LogP contribution in [-0.2, 0) is 31.3 Å². The summed E-state index contributed by atoms with van der Waals surface area (Å²) in [4.78, 5) is 12.0. The molecular formula is C15H24FeO5. The summed E-state index contributed by atoms with van der Waals surface area (Å²) in [5.74, 6) is -1.84. The predicted octanol–water partition coefficient (Wildman–Crippen LogP) is 1.42. The molecule has 122 valence electrons. The van der Waals surface area contributed by atoms with Crippen molar-refractivity contribution in [3.8, 4) is 0 Å². The normalized spacial score (nSPS) is 53.0. The Balaban J connectivity index is 0.00000161. The average Bonchev–Trinajstić information content (AvgIpc) is 2.44. The van der Waals surface area contributed by atoms with E-state index in [4.69, 9.17) is 9.47 Å². The standard InChI is InChI=1S/C15H24O5.Fe/c1-8-4-5-11-9(2)12(16)19-13-15(11,18)10(8)6-7-14(3,17)20-13;/h8-11,13,17-18H,4-7H2,1-3H3;/t8?,9-,10+,11?,13?,14+,15?;/m1./s1. The van der Waals surface area contributed by atoms with Gasteiger partial charge in [-0.05, 0) is 38.0 Å². The van der Waals surface area contributed by atoms with Crippen LogP contribution in [0.25, 0.3) is 0 Å². The zero-order chi connectivity index (χ0) is 14.7. The maximum atomic E-state index is 12.0. The van der Waals surface area contributed by atoms with Crippen LogP contribution in [0.4, 0.5) is 0 Å². The Morgan fingerprint density at radius 2 is 1.81 bits per heavy atom. The van der Waals surface area contributed by atoms with Crippen LogP contribution in [0, 0.1) is 23.7 Å². The van der Waals surface area contributed by atoms with E-state index in [0.717, 1.165) is 12.8 Å². The molecule has 0 aromatic heterocycles. The Bertz CT molecular complexity index is 426. The van der Waals surface area contributed by atoms with Gasteiger partial charge in [-0.3, -0.25) is 4.79 Å². The van der Waals surface area contributed by atoms with Crippen molar-refractivity contribution in [2.45, 2.75) is 64.1 Å². The van der Waals surface area contributed by atoms with Gasteiger partial charge < -0.3 is 19.7 Å². The quantitative estimate of drug-likeness (QED) is 0.515. The zero-order valence-electron chi connectivity index (χ0n) is 12.7. The maximum absolute atomic E-state index is 12.0. The summed E-state index contributed by atoms with van der Waals surface area (Å²) in [6.45, 7) is 5.51. The van der Waals surface area contributed by atoms with E-state index in [9.17, 15) is 15.0 Å². The van der Waals surface area contributed by atoms with Gasteiger partial charge >= 0.3 is 5.97 Å². The minimum atomic E-state index is -1.36. The molecule has 21 heavy (non-hydrogen) atoms. The van der Waals surface area contributed by atoms with E-state index in [1.165, 1.54) is 0 Å². The summed E-state index contributed by atoms with van der Waals surface area (Å²) in [5.41, 5.74) is -1.18. The Morgan fingerprint density at radius 1 is 1.14 bits per heavy atom. The number of esters is 1. The Kier molecular flexibility index (Phi) is 4.51. The predicted molar refractivity (Wildman–Crippen MR) is 70.3 cm³/mol. The Hall–Kier alpha value is -0.131. The molecule has 3 aliphatic rings. The van der Waals surface area contributed by atoms with Crippen molar-refractivity contribution in [2.75, 3.05) is 0 Å². The van der Waals surface area contributed by atoms with Crippen molar-refractivity contribution in [3.05, 3.63) is 0 Å². The topological polar surface area (TPSA) is 76.0 Å². The first-order valence-corrected chi connectivity index (χ1v) is 7.59. The van der Waals surface area contributed by atoms with Gasteiger partial charge in [-0.2, -0.15) is 0 Å². The third-order valence-corrected chi connectivity index (χ3v) is 5.66. The maximum Gasteiger partial charge on any atom is 0.311 e. The molecule has 0 aromatic rings. The number of carbonyl (C=O) groups excluding carboxylic acids is 1. The molecule has 4 unspecified atom stereocenters. The van der Waals surface area contributed by atoms with Crippen LogP contribution in [0.5, 0.6) is 0 Å². The number of hydrogen-bond acceptors (Lipinski definition) is 5. The summed E-state index contributed by atoms with van der Waals surface area (Å²) >= 11 is 0. The molecule has 1 aliphatic carbocycles. The smallest absolute Gasteiger partial charge is 0.311 e. The number of rotatable bonds is 0. The molecule has 2 heterocycles. The number of carbonyl (C=O) groups is 1. The first-order valence-electron chi connectivity index (χ1n) is 7.59. The molecule has 3 fully saturated rings. The third-order valence-electron chi connectivity index (χ3n) is 5.66.